The first-order valence-electron chi connectivity index (χ1n) is 14.9. The number of carbonyl (C=O) groups is 2. The van der Waals surface area contributed by atoms with Gasteiger partial charge in [0.1, 0.15) is 29.9 Å². The first-order chi connectivity index (χ1) is 21.5. The highest BCUT2D eigenvalue weighted by Gasteiger charge is 2.47. The molecule has 0 radical (unpaired) electrons. The van der Waals surface area contributed by atoms with Gasteiger partial charge in [-0.1, -0.05) is 18.2 Å². The van der Waals surface area contributed by atoms with E-state index in [1.807, 2.05) is 4.90 Å². The number of sulfonamides is 1. The molecule has 4 aliphatic rings. The van der Waals surface area contributed by atoms with Crippen molar-refractivity contribution < 1.29 is 46.5 Å². The lowest BCUT2D eigenvalue weighted by Gasteiger charge is -2.38. The van der Waals surface area contributed by atoms with Crippen molar-refractivity contribution in [2.24, 2.45) is 0 Å². The molecular weight excluding hydrogens is 614 g/mol. The van der Waals surface area contributed by atoms with Crippen molar-refractivity contribution in [1.29, 1.82) is 0 Å². The van der Waals surface area contributed by atoms with Crippen molar-refractivity contribution >= 4 is 21.8 Å². The predicted molar refractivity (Wildman–Crippen MR) is 154 cm³/mol. The zero-order chi connectivity index (χ0) is 31.9. The summed E-state index contributed by atoms with van der Waals surface area (Å²) in [6.45, 7) is 0.468. The molecule has 6 rings (SSSR count). The van der Waals surface area contributed by atoms with Crippen molar-refractivity contribution in [2.45, 2.75) is 66.9 Å². The number of nitrogens with zero attached hydrogens (tertiary/aromatic N) is 3. The molecule has 4 heterocycles. The number of hydrogen-bond donors (Lipinski definition) is 3. The molecular formula is C30H36F2N4O8S. The molecule has 0 saturated carbocycles. The number of aliphatic hydroxyl groups is 2. The lowest BCUT2D eigenvalue weighted by atomic mass is 10.0. The molecule has 15 heteroatoms. The molecule has 0 unspecified atom stereocenters. The van der Waals surface area contributed by atoms with Crippen LogP contribution in [-0.4, -0.2) is 126 Å². The van der Waals surface area contributed by atoms with Gasteiger partial charge in [0.15, 0.2) is 0 Å². The van der Waals surface area contributed by atoms with E-state index in [0.717, 1.165) is 22.0 Å². The summed E-state index contributed by atoms with van der Waals surface area (Å²) in [7, 11) is -4.36. The van der Waals surface area contributed by atoms with Gasteiger partial charge in [-0.3, -0.25) is 14.5 Å². The maximum Gasteiger partial charge on any atom is 0.243 e. The fourth-order valence-corrected chi connectivity index (χ4v) is 8.11. The summed E-state index contributed by atoms with van der Waals surface area (Å²) in [5, 5.41) is 24.5. The number of fused-ring (bicyclic) bond motifs is 6. The summed E-state index contributed by atoms with van der Waals surface area (Å²) in [5.41, 5.74) is 0.785. The molecule has 4 fully saturated rings. The van der Waals surface area contributed by atoms with Crippen LogP contribution >= 0.6 is 0 Å². The Labute approximate surface area is 259 Å². The van der Waals surface area contributed by atoms with Gasteiger partial charge < -0.3 is 29.9 Å². The highest BCUT2D eigenvalue weighted by molar-refractivity contribution is 7.89. The normalized spacial score (nSPS) is 32.1. The first kappa shape index (κ1) is 31.9. The van der Waals surface area contributed by atoms with Crippen molar-refractivity contribution in [3.05, 3.63) is 65.7 Å². The van der Waals surface area contributed by atoms with E-state index in [-0.39, 0.29) is 49.3 Å². The molecule has 12 nitrogen and oxygen atoms in total. The summed E-state index contributed by atoms with van der Waals surface area (Å²) in [6, 6.07) is 9.44. The molecule has 2 amide bonds. The topological polar surface area (TPSA) is 149 Å². The number of halogens is 2. The number of morpholine rings is 1. The molecule has 6 bridgehead atoms. The fourth-order valence-electron chi connectivity index (χ4n) is 6.59. The van der Waals surface area contributed by atoms with Crippen LogP contribution in [0.2, 0.25) is 0 Å². The fraction of sp³-hybridized carbons (Fsp3) is 0.533. The third kappa shape index (κ3) is 6.89. The van der Waals surface area contributed by atoms with Crippen LogP contribution in [0.1, 0.15) is 18.4 Å². The smallest absolute Gasteiger partial charge is 0.243 e. The van der Waals surface area contributed by atoms with E-state index in [1.54, 1.807) is 17.0 Å². The molecule has 0 aliphatic carbocycles. The highest BCUT2D eigenvalue weighted by atomic mass is 32.2. The Balaban J connectivity index is 1.31. The van der Waals surface area contributed by atoms with E-state index in [9.17, 15) is 37.0 Å². The van der Waals surface area contributed by atoms with Crippen LogP contribution in [0.15, 0.2) is 53.4 Å². The van der Waals surface area contributed by atoms with E-state index in [4.69, 9.17) is 9.47 Å². The summed E-state index contributed by atoms with van der Waals surface area (Å²) in [4.78, 5) is 30.3. The lowest BCUT2D eigenvalue weighted by Crippen LogP contribution is -2.55. The second-order valence-corrected chi connectivity index (χ2v) is 14.0. The quantitative estimate of drug-likeness (QED) is 0.411. The molecule has 4 saturated heterocycles. The van der Waals surface area contributed by atoms with Crippen LogP contribution in [0.3, 0.4) is 0 Å². The van der Waals surface area contributed by atoms with Gasteiger partial charge in [-0.2, -0.15) is 4.31 Å². The Morgan fingerprint density at radius 2 is 1.69 bits per heavy atom. The van der Waals surface area contributed by atoms with Crippen molar-refractivity contribution in [2.75, 3.05) is 39.3 Å². The molecule has 2 aromatic carbocycles. The minimum Gasteiger partial charge on any atom is -0.388 e. The second kappa shape index (κ2) is 13.0. The SMILES string of the molecule is O=C1C[C@@H]2O[C@H](CN(S(=O)(=O)c3cccc(F)c3)C[C@@H]3CN(CCO3)C(=O)[C@@H]3C[C@@H](CN3Cc3ccc(F)cc3)N1)[C@@H](O)[C@H]2O. The van der Waals surface area contributed by atoms with Crippen LogP contribution in [-0.2, 0) is 35.6 Å². The number of likely N-dealkylation sites (tertiary alicyclic amines) is 1. The maximum atomic E-state index is 14.1. The summed E-state index contributed by atoms with van der Waals surface area (Å²) >= 11 is 0. The Morgan fingerprint density at radius 3 is 2.44 bits per heavy atom. The molecule has 3 N–H and O–H groups in total. The van der Waals surface area contributed by atoms with E-state index in [2.05, 4.69) is 5.32 Å². The van der Waals surface area contributed by atoms with Crippen LogP contribution in [0.5, 0.6) is 0 Å². The van der Waals surface area contributed by atoms with Crippen LogP contribution in [0, 0.1) is 11.6 Å². The van der Waals surface area contributed by atoms with Gasteiger partial charge in [-0.15, -0.1) is 0 Å². The Hall–Kier alpha value is -3.05. The van der Waals surface area contributed by atoms with Crippen molar-refractivity contribution in [3.63, 3.8) is 0 Å². The average molecular weight is 651 g/mol. The highest BCUT2D eigenvalue weighted by Crippen LogP contribution is 2.29. The van der Waals surface area contributed by atoms with Crippen LogP contribution < -0.4 is 5.32 Å². The molecule has 244 valence electrons. The van der Waals surface area contributed by atoms with E-state index in [1.165, 1.54) is 24.3 Å². The van der Waals surface area contributed by atoms with Gasteiger partial charge in [0.25, 0.3) is 0 Å². The second-order valence-electron chi connectivity index (χ2n) is 12.0. The predicted octanol–water partition coefficient (Wildman–Crippen LogP) is -0.165. The first-order valence-corrected chi connectivity index (χ1v) is 16.4. The molecule has 0 aromatic heterocycles. The molecule has 4 aliphatic heterocycles. The van der Waals surface area contributed by atoms with Gasteiger partial charge in [0, 0.05) is 45.3 Å². The van der Waals surface area contributed by atoms with Crippen LogP contribution in [0.25, 0.3) is 0 Å². The molecule has 2 aromatic rings. The largest absolute Gasteiger partial charge is 0.388 e. The van der Waals surface area contributed by atoms with Gasteiger partial charge in [0.05, 0.1) is 36.2 Å². The number of carbonyl (C=O) groups excluding carboxylic acids is 2. The Kier molecular flexibility index (Phi) is 9.21. The summed E-state index contributed by atoms with van der Waals surface area (Å²) in [6.07, 6.45) is -6.06. The third-order valence-electron chi connectivity index (χ3n) is 8.88. The zero-order valence-corrected chi connectivity index (χ0v) is 25.2. The zero-order valence-electron chi connectivity index (χ0n) is 24.4. The summed E-state index contributed by atoms with van der Waals surface area (Å²) < 4.78 is 68.0. The standard InChI is InChI=1S/C30H36F2N4O8S/c31-19-6-4-18(5-7-19)13-35-14-21-11-24(35)30(40)34-8-9-43-22(15-34)16-36(45(41,42)23-3-1-2-20(32)10-23)17-26-29(39)28(38)25(44-26)12-27(37)33-21/h1-7,10,21-22,24-26,28-29,38-39H,8-9,11-17H2,(H,33,37)/t21-,22-,24-,25-,26+,28-,29+/m0/s1. The van der Waals surface area contributed by atoms with E-state index >= 15 is 0 Å². The van der Waals surface area contributed by atoms with Crippen LogP contribution in [0.4, 0.5) is 8.78 Å². The average Bonchev–Trinajstić information content (AvgIpc) is 3.52. The maximum absolute atomic E-state index is 14.1. The van der Waals surface area contributed by atoms with E-state index < -0.39 is 70.9 Å². The molecule has 0 spiro atoms. The van der Waals surface area contributed by atoms with Gasteiger partial charge in [-0.05, 0) is 42.3 Å². The number of aliphatic hydroxyl groups excluding tert-OH is 2. The number of ether oxygens (including phenoxy) is 2. The third-order valence-corrected chi connectivity index (χ3v) is 10.7. The monoisotopic (exact) mass is 650 g/mol. The van der Waals surface area contributed by atoms with Crippen molar-refractivity contribution in [3.8, 4) is 0 Å². The minimum absolute atomic E-state index is 0.0608. The van der Waals surface area contributed by atoms with Gasteiger partial charge in [-0.25, -0.2) is 17.2 Å². The lowest BCUT2D eigenvalue weighted by molar-refractivity contribution is -0.144. The number of benzene rings is 2. The Bertz CT molecular complexity index is 1520. The Morgan fingerprint density at radius 1 is 0.933 bits per heavy atom. The molecule has 45 heavy (non-hydrogen) atoms. The number of rotatable bonds is 4. The van der Waals surface area contributed by atoms with Gasteiger partial charge >= 0.3 is 0 Å². The molecule has 7 atom stereocenters. The van der Waals surface area contributed by atoms with Gasteiger partial charge in [0.2, 0.25) is 21.8 Å². The minimum atomic E-state index is -4.36. The van der Waals surface area contributed by atoms with E-state index in [0.29, 0.717) is 19.5 Å². The number of hydrogen-bond acceptors (Lipinski definition) is 9. The number of nitrogens with one attached hydrogen (secondary N) is 1. The number of amides is 2. The van der Waals surface area contributed by atoms with Crippen molar-refractivity contribution in [1.82, 2.24) is 19.4 Å². The summed E-state index contributed by atoms with van der Waals surface area (Å²) in [5.74, 6) is -1.81.